The third kappa shape index (κ3) is 2.75. The van der Waals surface area contributed by atoms with Gasteiger partial charge in [-0.15, -0.1) is 0 Å². The number of hydrogen-bond acceptors (Lipinski definition) is 2. The van der Waals surface area contributed by atoms with Crippen LogP contribution in [0.4, 0.5) is 4.39 Å². The summed E-state index contributed by atoms with van der Waals surface area (Å²) in [6.07, 6.45) is 1.20. The SMILES string of the molecule is OC(Cc1ccnc2ccccc12)c1cccc(F)c1Cl. The molecule has 1 N–H and O–H groups in total. The van der Waals surface area contributed by atoms with Gasteiger partial charge in [0.1, 0.15) is 5.82 Å². The molecule has 0 aliphatic rings. The second-order valence-corrected chi connectivity index (χ2v) is 5.23. The fourth-order valence-corrected chi connectivity index (χ4v) is 2.68. The highest BCUT2D eigenvalue weighted by Crippen LogP contribution is 2.29. The third-order valence-electron chi connectivity index (χ3n) is 3.49. The number of aliphatic hydroxyl groups excluding tert-OH is 1. The van der Waals surface area contributed by atoms with Crippen LogP contribution in [0.15, 0.2) is 54.7 Å². The Balaban J connectivity index is 1.97. The molecular formula is C17H13ClFNO. The number of rotatable bonds is 3. The van der Waals surface area contributed by atoms with Gasteiger partial charge in [-0.25, -0.2) is 4.39 Å². The average molecular weight is 302 g/mol. The summed E-state index contributed by atoms with van der Waals surface area (Å²) in [6.45, 7) is 0. The fourth-order valence-electron chi connectivity index (χ4n) is 2.43. The van der Waals surface area contributed by atoms with E-state index in [4.69, 9.17) is 11.6 Å². The summed E-state index contributed by atoms with van der Waals surface area (Å²) in [4.78, 5) is 4.29. The molecule has 0 saturated carbocycles. The van der Waals surface area contributed by atoms with Crippen LogP contribution in [0.5, 0.6) is 0 Å². The quantitative estimate of drug-likeness (QED) is 0.782. The van der Waals surface area contributed by atoms with Crippen LogP contribution in [0.1, 0.15) is 17.2 Å². The van der Waals surface area contributed by atoms with Crippen molar-refractivity contribution in [2.45, 2.75) is 12.5 Å². The second-order valence-electron chi connectivity index (χ2n) is 4.85. The summed E-state index contributed by atoms with van der Waals surface area (Å²) in [5.74, 6) is -0.521. The minimum atomic E-state index is -0.862. The third-order valence-corrected chi connectivity index (χ3v) is 3.89. The van der Waals surface area contributed by atoms with Gasteiger partial charge in [0.15, 0.2) is 0 Å². The van der Waals surface area contributed by atoms with E-state index in [-0.39, 0.29) is 5.02 Å². The summed E-state index contributed by atoms with van der Waals surface area (Å²) in [5.41, 5.74) is 2.22. The highest BCUT2D eigenvalue weighted by atomic mass is 35.5. The molecule has 0 fully saturated rings. The Hall–Kier alpha value is -1.97. The predicted octanol–water partition coefficient (Wildman–Crippen LogP) is 4.30. The molecule has 0 radical (unpaired) electrons. The molecule has 106 valence electrons. The maximum absolute atomic E-state index is 13.5. The molecule has 0 bridgehead atoms. The first kappa shape index (κ1) is 14.0. The van der Waals surface area contributed by atoms with Gasteiger partial charge in [0, 0.05) is 23.6 Å². The minimum absolute atomic E-state index is 0.0247. The number of nitrogens with zero attached hydrogens (tertiary/aromatic N) is 1. The molecule has 0 aliphatic heterocycles. The number of pyridine rings is 1. The van der Waals surface area contributed by atoms with Crippen molar-refractivity contribution < 1.29 is 9.50 Å². The molecule has 4 heteroatoms. The molecule has 0 aliphatic carbocycles. The number of aliphatic hydroxyl groups is 1. The lowest BCUT2D eigenvalue weighted by Gasteiger charge is -2.14. The van der Waals surface area contributed by atoms with Crippen molar-refractivity contribution in [3.8, 4) is 0 Å². The molecule has 3 rings (SSSR count). The molecule has 1 aromatic heterocycles. The Labute approximate surface area is 126 Å². The number of hydrogen-bond donors (Lipinski definition) is 1. The van der Waals surface area contributed by atoms with Crippen LogP contribution in [0, 0.1) is 5.82 Å². The maximum Gasteiger partial charge on any atom is 0.142 e. The fraction of sp³-hybridized carbons (Fsp3) is 0.118. The standard InChI is InChI=1S/C17H13ClFNO/c18-17-13(5-3-6-14(17)19)16(21)10-11-8-9-20-15-7-2-1-4-12(11)15/h1-9,16,21H,10H2. The largest absolute Gasteiger partial charge is 0.388 e. The number of aromatic nitrogens is 1. The van der Waals surface area contributed by atoms with Gasteiger partial charge in [-0.2, -0.15) is 0 Å². The molecule has 1 atom stereocenters. The highest BCUT2D eigenvalue weighted by molar-refractivity contribution is 6.31. The Morgan fingerprint density at radius 1 is 1.10 bits per heavy atom. The van der Waals surface area contributed by atoms with Gasteiger partial charge >= 0.3 is 0 Å². The van der Waals surface area contributed by atoms with E-state index in [9.17, 15) is 9.50 Å². The monoisotopic (exact) mass is 301 g/mol. The zero-order valence-corrected chi connectivity index (χ0v) is 11.9. The molecular weight excluding hydrogens is 289 g/mol. The van der Waals surface area contributed by atoms with E-state index in [2.05, 4.69) is 4.98 Å². The molecule has 0 saturated heterocycles. The minimum Gasteiger partial charge on any atom is -0.388 e. The van der Waals surface area contributed by atoms with Gasteiger partial charge < -0.3 is 5.11 Å². The van der Waals surface area contributed by atoms with Gasteiger partial charge in [0.25, 0.3) is 0 Å². The Bertz CT molecular complexity index is 785. The average Bonchev–Trinajstić information content (AvgIpc) is 2.50. The molecule has 3 aromatic rings. The highest BCUT2D eigenvalue weighted by Gasteiger charge is 2.16. The lowest BCUT2D eigenvalue weighted by Crippen LogP contribution is -2.04. The summed E-state index contributed by atoms with van der Waals surface area (Å²) in [7, 11) is 0. The van der Waals surface area contributed by atoms with E-state index in [0.717, 1.165) is 16.5 Å². The van der Waals surface area contributed by atoms with E-state index in [1.54, 1.807) is 18.3 Å². The smallest absolute Gasteiger partial charge is 0.142 e. The first-order chi connectivity index (χ1) is 10.2. The van der Waals surface area contributed by atoms with E-state index >= 15 is 0 Å². The van der Waals surface area contributed by atoms with E-state index in [1.165, 1.54) is 6.07 Å². The molecule has 2 aromatic carbocycles. The summed E-state index contributed by atoms with van der Waals surface area (Å²) < 4.78 is 13.5. The van der Waals surface area contributed by atoms with Crippen molar-refractivity contribution in [2.75, 3.05) is 0 Å². The number of halogens is 2. The van der Waals surface area contributed by atoms with Crippen LogP contribution in [-0.4, -0.2) is 10.1 Å². The Morgan fingerprint density at radius 2 is 1.90 bits per heavy atom. The molecule has 1 unspecified atom stereocenters. The normalized spacial score (nSPS) is 12.5. The molecule has 0 amide bonds. The number of benzene rings is 2. The first-order valence-corrected chi connectivity index (χ1v) is 6.99. The van der Waals surface area contributed by atoms with Gasteiger partial charge in [-0.1, -0.05) is 41.9 Å². The van der Waals surface area contributed by atoms with Crippen molar-refractivity contribution in [2.24, 2.45) is 0 Å². The lowest BCUT2D eigenvalue weighted by molar-refractivity contribution is 0.178. The topological polar surface area (TPSA) is 33.1 Å². The van der Waals surface area contributed by atoms with Gasteiger partial charge in [-0.05, 0) is 23.8 Å². The molecule has 21 heavy (non-hydrogen) atoms. The van der Waals surface area contributed by atoms with Gasteiger partial charge in [0.2, 0.25) is 0 Å². The van der Waals surface area contributed by atoms with Crippen molar-refractivity contribution in [3.63, 3.8) is 0 Å². The Kier molecular flexibility index (Phi) is 3.86. The van der Waals surface area contributed by atoms with Gasteiger partial charge in [0.05, 0.1) is 16.6 Å². The van der Waals surface area contributed by atoms with Crippen molar-refractivity contribution >= 4 is 22.5 Å². The summed E-state index contributed by atoms with van der Waals surface area (Å²) in [5, 5.41) is 11.3. The van der Waals surface area contributed by atoms with Crippen LogP contribution in [0.3, 0.4) is 0 Å². The van der Waals surface area contributed by atoms with Crippen LogP contribution in [-0.2, 0) is 6.42 Å². The van der Waals surface area contributed by atoms with Crippen LogP contribution in [0.2, 0.25) is 5.02 Å². The summed E-state index contributed by atoms with van der Waals surface area (Å²) in [6, 6.07) is 14.0. The van der Waals surface area contributed by atoms with Crippen LogP contribution < -0.4 is 0 Å². The number of fused-ring (bicyclic) bond motifs is 1. The number of para-hydroxylation sites is 1. The lowest BCUT2D eigenvalue weighted by atomic mass is 9.99. The van der Waals surface area contributed by atoms with Crippen molar-refractivity contribution in [3.05, 3.63) is 76.7 Å². The van der Waals surface area contributed by atoms with E-state index < -0.39 is 11.9 Å². The van der Waals surface area contributed by atoms with E-state index in [1.807, 2.05) is 30.3 Å². The van der Waals surface area contributed by atoms with Crippen molar-refractivity contribution in [1.82, 2.24) is 4.98 Å². The summed E-state index contributed by atoms with van der Waals surface area (Å²) >= 11 is 5.93. The second kappa shape index (κ2) is 5.80. The maximum atomic E-state index is 13.5. The Morgan fingerprint density at radius 3 is 2.76 bits per heavy atom. The van der Waals surface area contributed by atoms with E-state index in [0.29, 0.717) is 12.0 Å². The molecule has 0 spiro atoms. The van der Waals surface area contributed by atoms with Crippen molar-refractivity contribution in [1.29, 1.82) is 0 Å². The molecule has 2 nitrogen and oxygen atoms in total. The molecule has 1 heterocycles. The van der Waals surface area contributed by atoms with Gasteiger partial charge in [-0.3, -0.25) is 4.98 Å². The van der Waals surface area contributed by atoms with Crippen LogP contribution >= 0.6 is 11.6 Å². The van der Waals surface area contributed by atoms with Crippen LogP contribution in [0.25, 0.3) is 10.9 Å². The zero-order chi connectivity index (χ0) is 14.8. The zero-order valence-electron chi connectivity index (χ0n) is 11.1. The predicted molar refractivity (Wildman–Crippen MR) is 81.8 cm³/mol. The first-order valence-electron chi connectivity index (χ1n) is 6.61.